The summed E-state index contributed by atoms with van der Waals surface area (Å²) >= 11 is 6.94. The van der Waals surface area contributed by atoms with Crippen molar-refractivity contribution in [1.29, 1.82) is 0 Å². The Bertz CT molecular complexity index is 674. The van der Waals surface area contributed by atoms with Crippen LogP contribution in [0, 0.1) is 10.1 Å². The molecule has 0 aliphatic carbocycles. The molecule has 1 aromatic heterocycles. The molecule has 0 saturated heterocycles. The zero-order valence-corrected chi connectivity index (χ0v) is 12.3. The Kier molecular flexibility index (Phi) is 4.77. The minimum absolute atomic E-state index is 0.0337. The number of hydrogen-bond donors (Lipinski definition) is 1. The summed E-state index contributed by atoms with van der Waals surface area (Å²) in [6.07, 6.45) is 0. The van der Waals surface area contributed by atoms with Crippen LogP contribution in [0.5, 0.6) is 0 Å². The maximum atomic E-state index is 11.0. The van der Waals surface area contributed by atoms with E-state index in [-0.39, 0.29) is 18.1 Å². The van der Waals surface area contributed by atoms with Crippen LogP contribution in [0.25, 0.3) is 0 Å². The predicted molar refractivity (Wildman–Crippen MR) is 81.1 cm³/mol. The van der Waals surface area contributed by atoms with Crippen molar-refractivity contribution in [2.75, 3.05) is 11.4 Å². The first-order valence-corrected chi connectivity index (χ1v) is 7.10. The van der Waals surface area contributed by atoms with Gasteiger partial charge in [0.2, 0.25) is 0 Å². The number of anilines is 1. The Morgan fingerprint density at radius 2 is 2.14 bits per heavy atom. The van der Waals surface area contributed by atoms with E-state index < -0.39 is 10.9 Å². The van der Waals surface area contributed by atoms with Crippen LogP contribution in [-0.4, -0.2) is 22.5 Å². The average molecular weight is 327 g/mol. The Morgan fingerprint density at radius 1 is 1.38 bits per heavy atom. The summed E-state index contributed by atoms with van der Waals surface area (Å²) in [5.74, 6) is -0.985. The summed E-state index contributed by atoms with van der Waals surface area (Å²) < 4.78 is 0. The molecule has 8 heteroatoms. The van der Waals surface area contributed by atoms with E-state index in [0.29, 0.717) is 15.6 Å². The zero-order valence-electron chi connectivity index (χ0n) is 10.7. The fraction of sp³-hybridized carbons (Fsp3) is 0.154. The Morgan fingerprint density at radius 3 is 2.71 bits per heavy atom. The van der Waals surface area contributed by atoms with Crippen molar-refractivity contribution in [1.82, 2.24) is 0 Å². The van der Waals surface area contributed by atoms with Gasteiger partial charge in [0.25, 0.3) is 0 Å². The third-order valence-electron chi connectivity index (χ3n) is 2.67. The van der Waals surface area contributed by atoms with E-state index in [1.165, 1.54) is 6.07 Å². The van der Waals surface area contributed by atoms with Gasteiger partial charge in [-0.05, 0) is 24.3 Å². The number of halogens is 1. The summed E-state index contributed by atoms with van der Waals surface area (Å²) in [5, 5.41) is 20.2. The topological polar surface area (TPSA) is 83.7 Å². The standard InChI is InChI=1S/C13H11ClN2O4S/c14-9-2-1-3-10(6-9)15(8-13(17)18)7-11-4-5-12(21-11)16(19)20/h1-6H,7-8H2,(H,17,18). The first kappa shape index (κ1) is 15.3. The van der Waals surface area contributed by atoms with E-state index >= 15 is 0 Å². The highest BCUT2D eigenvalue weighted by Gasteiger charge is 2.15. The number of rotatable bonds is 6. The summed E-state index contributed by atoms with van der Waals surface area (Å²) in [5.41, 5.74) is 0.654. The Labute approximate surface area is 129 Å². The molecule has 0 bridgehead atoms. The van der Waals surface area contributed by atoms with Crippen LogP contribution in [0.3, 0.4) is 0 Å². The van der Waals surface area contributed by atoms with Gasteiger partial charge in [0, 0.05) is 21.7 Å². The highest BCUT2D eigenvalue weighted by molar-refractivity contribution is 7.15. The first-order chi connectivity index (χ1) is 9.95. The second-order valence-corrected chi connectivity index (χ2v) is 5.81. The number of carboxylic acid groups (broad SMARTS) is 1. The maximum absolute atomic E-state index is 11.0. The minimum Gasteiger partial charge on any atom is -0.480 e. The van der Waals surface area contributed by atoms with Crippen molar-refractivity contribution >= 4 is 39.6 Å². The molecular formula is C13H11ClN2O4S. The van der Waals surface area contributed by atoms with E-state index in [1.807, 2.05) is 0 Å². The van der Waals surface area contributed by atoms with Gasteiger partial charge in [-0.15, -0.1) is 0 Å². The number of thiophene rings is 1. The Hall–Kier alpha value is -2.12. The van der Waals surface area contributed by atoms with Crippen molar-refractivity contribution in [2.45, 2.75) is 6.54 Å². The quantitative estimate of drug-likeness (QED) is 0.649. The molecule has 0 atom stereocenters. The highest BCUT2D eigenvalue weighted by Crippen LogP contribution is 2.27. The number of nitrogens with zero attached hydrogens (tertiary/aromatic N) is 2. The molecule has 2 rings (SSSR count). The lowest BCUT2D eigenvalue weighted by Crippen LogP contribution is -2.28. The molecule has 6 nitrogen and oxygen atoms in total. The smallest absolute Gasteiger partial charge is 0.324 e. The van der Waals surface area contributed by atoms with Crippen molar-refractivity contribution in [3.63, 3.8) is 0 Å². The average Bonchev–Trinajstić information content (AvgIpc) is 2.86. The molecule has 0 unspecified atom stereocenters. The number of nitro groups is 1. The summed E-state index contributed by atoms with van der Waals surface area (Å²) in [6, 6.07) is 9.87. The van der Waals surface area contributed by atoms with E-state index in [9.17, 15) is 14.9 Å². The normalized spacial score (nSPS) is 10.3. The van der Waals surface area contributed by atoms with Crippen LogP contribution in [0.15, 0.2) is 36.4 Å². The third kappa shape index (κ3) is 4.17. The molecule has 0 saturated carbocycles. The molecule has 1 aromatic carbocycles. The van der Waals surface area contributed by atoms with Crippen molar-refractivity contribution in [3.8, 4) is 0 Å². The molecule has 2 aromatic rings. The lowest BCUT2D eigenvalue weighted by molar-refractivity contribution is -0.380. The molecule has 21 heavy (non-hydrogen) atoms. The number of benzene rings is 1. The highest BCUT2D eigenvalue weighted by atomic mass is 35.5. The van der Waals surface area contributed by atoms with E-state index in [0.717, 1.165) is 11.3 Å². The van der Waals surface area contributed by atoms with Crippen LogP contribution in [0.1, 0.15) is 4.88 Å². The molecule has 0 aliphatic rings. The summed E-state index contributed by atoms with van der Waals surface area (Å²) in [4.78, 5) is 23.5. The number of carboxylic acids is 1. The SMILES string of the molecule is O=C(O)CN(Cc1ccc([N+](=O)[O-])s1)c1cccc(Cl)c1. The van der Waals surface area contributed by atoms with Gasteiger partial charge >= 0.3 is 11.0 Å². The molecule has 1 heterocycles. The monoisotopic (exact) mass is 326 g/mol. The lowest BCUT2D eigenvalue weighted by Gasteiger charge is -2.22. The zero-order chi connectivity index (χ0) is 15.4. The number of aliphatic carboxylic acids is 1. The second kappa shape index (κ2) is 6.55. The molecule has 1 N–H and O–H groups in total. The second-order valence-electron chi connectivity index (χ2n) is 4.23. The number of carbonyl (C=O) groups is 1. The molecular weight excluding hydrogens is 316 g/mol. The van der Waals surface area contributed by atoms with E-state index in [2.05, 4.69) is 0 Å². The van der Waals surface area contributed by atoms with Crippen molar-refractivity contribution in [3.05, 3.63) is 56.4 Å². The third-order valence-corrected chi connectivity index (χ3v) is 3.93. The summed E-state index contributed by atoms with van der Waals surface area (Å²) in [7, 11) is 0. The van der Waals surface area contributed by atoms with E-state index in [4.69, 9.17) is 16.7 Å². The largest absolute Gasteiger partial charge is 0.480 e. The van der Waals surface area contributed by atoms with Crippen molar-refractivity contribution < 1.29 is 14.8 Å². The maximum Gasteiger partial charge on any atom is 0.324 e. The van der Waals surface area contributed by atoms with E-state index in [1.54, 1.807) is 35.2 Å². The fourth-order valence-electron chi connectivity index (χ4n) is 1.81. The van der Waals surface area contributed by atoms with Crippen molar-refractivity contribution in [2.24, 2.45) is 0 Å². The molecule has 0 spiro atoms. The van der Waals surface area contributed by atoms with Gasteiger partial charge in [-0.1, -0.05) is 29.0 Å². The van der Waals surface area contributed by atoms with Gasteiger partial charge < -0.3 is 10.0 Å². The molecule has 0 aliphatic heterocycles. The number of hydrogen-bond acceptors (Lipinski definition) is 5. The van der Waals surface area contributed by atoms with Gasteiger partial charge in [-0.25, -0.2) is 0 Å². The summed E-state index contributed by atoms with van der Waals surface area (Å²) in [6.45, 7) is 0.0528. The van der Waals surface area contributed by atoms with Gasteiger partial charge in [-0.3, -0.25) is 14.9 Å². The lowest BCUT2D eigenvalue weighted by atomic mass is 10.2. The van der Waals surface area contributed by atoms with Crippen LogP contribution >= 0.6 is 22.9 Å². The van der Waals surface area contributed by atoms with Crippen LogP contribution < -0.4 is 4.90 Å². The molecule has 0 radical (unpaired) electrons. The molecule has 0 amide bonds. The van der Waals surface area contributed by atoms with Gasteiger partial charge in [0.15, 0.2) is 0 Å². The van der Waals surface area contributed by atoms with Gasteiger partial charge in [0.1, 0.15) is 6.54 Å². The predicted octanol–water partition coefficient (Wildman–Crippen LogP) is 3.40. The minimum atomic E-state index is -0.985. The van der Waals surface area contributed by atoms with Gasteiger partial charge in [-0.2, -0.15) is 0 Å². The van der Waals surface area contributed by atoms with Crippen LogP contribution in [0.4, 0.5) is 10.7 Å². The Balaban J connectivity index is 2.23. The van der Waals surface area contributed by atoms with Crippen LogP contribution in [0.2, 0.25) is 5.02 Å². The molecule has 0 fully saturated rings. The van der Waals surface area contributed by atoms with Gasteiger partial charge in [0.05, 0.1) is 11.5 Å². The first-order valence-electron chi connectivity index (χ1n) is 5.91. The fourth-order valence-corrected chi connectivity index (χ4v) is 2.83. The van der Waals surface area contributed by atoms with Crippen LogP contribution in [-0.2, 0) is 11.3 Å². The molecule has 110 valence electrons.